The predicted octanol–water partition coefficient (Wildman–Crippen LogP) is 2.07. The van der Waals surface area contributed by atoms with Crippen LogP contribution < -0.4 is 10.5 Å². The molecule has 8 nitrogen and oxygen atoms in total. The molecule has 1 aliphatic rings. The number of nitrogens with zero attached hydrogens (tertiary/aromatic N) is 5. The lowest BCUT2D eigenvalue weighted by Gasteiger charge is -2.35. The van der Waals surface area contributed by atoms with Crippen molar-refractivity contribution in [2.24, 2.45) is 5.10 Å². The Balaban J connectivity index is 1.42. The number of hydrogen-bond donors (Lipinski definition) is 1. The summed E-state index contributed by atoms with van der Waals surface area (Å²) in [6.07, 6.45) is 1.53. The third-order valence-corrected chi connectivity index (χ3v) is 4.95. The van der Waals surface area contributed by atoms with Crippen molar-refractivity contribution in [3.63, 3.8) is 0 Å². The van der Waals surface area contributed by atoms with E-state index in [-0.39, 0.29) is 5.69 Å². The molecule has 1 fully saturated rings. The normalized spacial score (nSPS) is 14.5. The van der Waals surface area contributed by atoms with Crippen LogP contribution in [-0.4, -0.2) is 58.3 Å². The average molecular weight is 411 g/mol. The van der Waals surface area contributed by atoms with E-state index in [0.717, 1.165) is 16.0 Å². The molecule has 0 radical (unpaired) electrons. The molecule has 0 spiro atoms. The van der Waals surface area contributed by atoms with Gasteiger partial charge in [-0.2, -0.15) is 10.3 Å². The van der Waals surface area contributed by atoms with Crippen molar-refractivity contribution in [3.05, 3.63) is 81.2 Å². The highest BCUT2D eigenvalue weighted by Gasteiger charge is 2.26. The summed E-state index contributed by atoms with van der Waals surface area (Å²) in [6, 6.07) is 17.0. The second-order valence-electron chi connectivity index (χ2n) is 6.59. The van der Waals surface area contributed by atoms with Gasteiger partial charge in [0, 0.05) is 36.9 Å². The third-order valence-electron chi connectivity index (χ3n) is 4.72. The van der Waals surface area contributed by atoms with Gasteiger partial charge >= 0.3 is 5.56 Å². The highest BCUT2D eigenvalue weighted by atomic mass is 35.5. The minimum Gasteiger partial charge on any atom is -0.368 e. The van der Waals surface area contributed by atoms with Crippen LogP contribution in [0.2, 0.25) is 5.02 Å². The molecule has 1 N–H and O–H groups in total. The lowest BCUT2D eigenvalue weighted by Crippen LogP contribution is -2.49. The van der Waals surface area contributed by atoms with Crippen molar-refractivity contribution in [2.75, 3.05) is 31.1 Å². The van der Waals surface area contributed by atoms with Gasteiger partial charge in [-0.25, -0.2) is 0 Å². The standard InChI is InChI=1S/C20H19ClN6O2/c21-16-7-4-8-17(13-16)25-9-11-26(12-10-25)19(28)18-20(29)27(24-23-18)22-14-15-5-2-1-3-6-15/h1-8,13-14,24H,9-12H2. The number of amides is 1. The van der Waals surface area contributed by atoms with E-state index in [1.807, 2.05) is 54.6 Å². The SMILES string of the molecule is O=C(c1n[nH]n(N=Cc2ccccc2)c1=O)N1CCN(c2cccc(Cl)c2)CC1. The van der Waals surface area contributed by atoms with Gasteiger partial charge in [-0.3, -0.25) is 9.59 Å². The summed E-state index contributed by atoms with van der Waals surface area (Å²) >= 11 is 6.06. The molecule has 0 unspecified atom stereocenters. The van der Waals surface area contributed by atoms with Crippen molar-refractivity contribution in [2.45, 2.75) is 0 Å². The molecule has 2 aromatic carbocycles. The number of rotatable bonds is 4. The fourth-order valence-electron chi connectivity index (χ4n) is 3.16. The number of halogens is 1. The summed E-state index contributed by atoms with van der Waals surface area (Å²) in [5, 5.41) is 11.1. The van der Waals surface area contributed by atoms with E-state index in [1.54, 1.807) is 4.90 Å². The summed E-state index contributed by atoms with van der Waals surface area (Å²) < 4.78 is 0. The first kappa shape index (κ1) is 18.9. The van der Waals surface area contributed by atoms with Crippen molar-refractivity contribution in [1.29, 1.82) is 0 Å². The molecule has 0 aliphatic carbocycles. The van der Waals surface area contributed by atoms with Gasteiger partial charge in [-0.15, -0.1) is 9.89 Å². The monoisotopic (exact) mass is 410 g/mol. The molecular formula is C20H19ClN6O2. The van der Waals surface area contributed by atoms with Crippen molar-refractivity contribution >= 4 is 29.4 Å². The number of H-pyrrole nitrogens is 1. The molecule has 1 amide bonds. The smallest absolute Gasteiger partial charge is 0.320 e. The van der Waals surface area contributed by atoms with Crippen LogP contribution >= 0.6 is 11.6 Å². The van der Waals surface area contributed by atoms with E-state index < -0.39 is 11.5 Å². The van der Waals surface area contributed by atoms with E-state index >= 15 is 0 Å². The van der Waals surface area contributed by atoms with Crippen LogP contribution in [0.15, 0.2) is 64.5 Å². The van der Waals surface area contributed by atoms with Gasteiger partial charge in [0.15, 0.2) is 0 Å². The number of carbonyl (C=O) groups excluding carboxylic acids is 1. The Kier molecular flexibility index (Phi) is 5.44. The Morgan fingerprint density at radius 3 is 2.55 bits per heavy atom. The Labute approximate surface area is 172 Å². The first-order chi connectivity index (χ1) is 14.1. The molecule has 0 saturated carbocycles. The van der Waals surface area contributed by atoms with Crippen LogP contribution in [-0.2, 0) is 0 Å². The summed E-state index contributed by atoms with van der Waals surface area (Å²) in [5.74, 6) is -0.398. The first-order valence-electron chi connectivity index (χ1n) is 9.18. The molecule has 1 aromatic heterocycles. The number of piperazine rings is 1. The van der Waals surface area contributed by atoms with Gasteiger partial charge < -0.3 is 9.80 Å². The zero-order chi connectivity index (χ0) is 20.2. The number of anilines is 1. The second kappa shape index (κ2) is 8.32. The van der Waals surface area contributed by atoms with Crippen LogP contribution in [0, 0.1) is 0 Å². The van der Waals surface area contributed by atoms with Crippen molar-refractivity contribution in [1.82, 2.24) is 20.0 Å². The summed E-state index contributed by atoms with van der Waals surface area (Å²) in [6.45, 7) is 2.28. The highest BCUT2D eigenvalue weighted by Crippen LogP contribution is 2.21. The third kappa shape index (κ3) is 4.22. The van der Waals surface area contributed by atoms with E-state index in [0.29, 0.717) is 31.2 Å². The highest BCUT2D eigenvalue weighted by molar-refractivity contribution is 6.30. The fourth-order valence-corrected chi connectivity index (χ4v) is 3.35. The minimum atomic E-state index is -0.570. The van der Waals surface area contributed by atoms with Crippen molar-refractivity contribution in [3.8, 4) is 0 Å². The van der Waals surface area contributed by atoms with E-state index in [1.165, 1.54) is 6.21 Å². The van der Waals surface area contributed by atoms with E-state index in [4.69, 9.17) is 11.6 Å². The first-order valence-corrected chi connectivity index (χ1v) is 9.56. The summed E-state index contributed by atoms with van der Waals surface area (Å²) in [4.78, 5) is 30.0. The topological polar surface area (TPSA) is 86.6 Å². The summed E-state index contributed by atoms with van der Waals surface area (Å²) in [7, 11) is 0. The number of aromatic amines is 1. The Hall–Kier alpha value is -3.39. The number of aromatic nitrogens is 3. The van der Waals surface area contributed by atoms with Crippen LogP contribution in [0.4, 0.5) is 5.69 Å². The quantitative estimate of drug-likeness (QED) is 0.667. The van der Waals surface area contributed by atoms with Crippen LogP contribution in [0.1, 0.15) is 16.1 Å². The van der Waals surface area contributed by atoms with Gasteiger partial charge in [-0.05, 0) is 23.8 Å². The van der Waals surface area contributed by atoms with Gasteiger partial charge in [0.1, 0.15) is 0 Å². The number of nitrogens with one attached hydrogen (secondary N) is 1. The molecule has 2 heterocycles. The average Bonchev–Trinajstić information content (AvgIpc) is 3.13. The fraction of sp³-hybridized carbons (Fsp3) is 0.200. The maximum atomic E-state index is 12.7. The molecule has 29 heavy (non-hydrogen) atoms. The Bertz CT molecular complexity index is 1080. The molecule has 0 atom stereocenters. The minimum absolute atomic E-state index is 0.161. The van der Waals surface area contributed by atoms with Gasteiger partial charge in [0.05, 0.1) is 6.21 Å². The van der Waals surface area contributed by atoms with Crippen LogP contribution in [0.5, 0.6) is 0 Å². The van der Waals surface area contributed by atoms with Crippen LogP contribution in [0.25, 0.3) is 0 Å². The number of carbonyl (C=O) groups is 1. The number of hydrogen-bond acceptors (Lipinski definition) is 5. The number of benzene rings is 2. The Morgan fingerprint density at radius 1 is 1.07 bits per heavy atom. The molecule has 1 saturated heterocycles. The van der Waals surface area contributed by atoms with Gasteiger partial charge in [0.2, 0.25) is 5.69 Å². The predicted molar refractivity (Wildman–Crippen MR) is 112 cm³/mol. The van der Waals surface area contributed by atoms with E-state index in [2.05, 4.69) is 20.3 Å². The zero-order valence-electron chi connectivity index (χ0n) is 15.5. The Morgan fingerprint density at radius 2 is 1.83 bits per heavy atom. The van der Waals surface area contributed by atoms with E-state index in [9.17, 15) is 9.59 Å². The lowest BCUT2D eigenvalue weighted by molar-refractivity contribution is 0.0739. The second-order valence-corrected chi connectivity index (χ2v) is 7.03. The van der Waals surface area contributed by atoms with Gasteiger partial charge in [-0.1, -0.05) is 48.0 Å². The molecule has 148 valence electrons. The molecule has 3 aromatic rings. The maximum absolute atomic E-state index is 12.7. The van der Waals surface area contributed by atoms with Crippen molar-refractivity contribution < 1.29 is 4.79 Å². The van der Waals surface area contributed by atoms with Crippen LogP contribution in [0.3, 0.4) is 0 Å². The molecular weight excluding hydrogens is 392 g/mol. The molecule has 0 bridgehead atoms. The molecule has 4 rings (SSSR count). The maximum Gasteiger partial charge on any atom is 0.320 e. The molecule has 1 aliphatic heterocycles. The zero-order valence-corrected chi connectivity index (χ0v) is 16.3. The molecule has 9 heteroatoms. The largest absolute Gasteiger partial charge is 0.368 e. The lowest BCUT2D eigenvalue weighted by atomic mass is 10.2. The summed E-state index contributed by atoms with van der Waals surface area (Å²) in [5.41, 5.74) is 1.12. The van der Waals surface area contributed by atoms with Gasteiger partial charge in [0.25, 0.3) is 5.91 Å².